The van der Waals surface area contributed by atoms with Crippen LogP contribution in [0, 0.1) is 5.92 Å². The summed E-state index contributed by atoms with van der Waals surface area (Å²) in [6.45, 7) is 5.79. The largest absolute Gasteiger partial charge is 0.490 e. The van der Waals surface area contributed by atoms with Crippen molar-refractivity contribution in [2.24, 2.45) is 5.92 Å². The number of benzene rings is 3. The molecule has 0 amide bonds. The average molecular weight is 389 g/mol. The van der Waals surface area contributed by atoms with Crippen molar-refractivity contribution in [2.45, 2.75) is 26.9 Å². The summed E-state index contributed by atoms with van der Waals surface area (Å²) in [5, 5.41) is 0. The summed E-state index contributed by atoms with van der Waals surface area (Å²) in [7, 11) is 0. The van der Waals surface area contributed by atoms with Crippen LogP contribution in [0.4, 0.5) is 17.1 Å². The first kappa shape index (κ1) is 20.5. The smallest absolute Gasteiger partial charge is 0.308 e. The molecular formula is C25H27NO3. The summed E-state index contributed by atoms with van der Waals surface area (Å²) in [5.74, 6) is 0.388. The van der Waals surface area contributed by atoms with Gasteiger partial charge in [-0.2, -0.15) is 0 Å². The van der Waals surface area contributed by atoms with E-state index in [1.807, 2.05) is 81.4 Å². The molecule has 0 saturated carbocycles. The van der Waals surface area contributed by atoms with Gasteiger partial charge in [-0.05, 0) is 55.5 Å². The maximum absolute atomic E-state index is 11.7. The Kier molecular flexibility index (Phi) is 6.90. The fourth-order valence-corrected chi connectivity index (χ4v) is 2.87. The topological polar surface area (TPSA) is 38.8 Å². The number of ether oxygens (including phenoxy) is 2. The van der Waals surface area contributed by atoms with Crippen LogP contribution in [0.25, 0.3) is 0 Å². The van der Waals surface area contributed by atoms with Gasteiger partial charge in [0, 0.05) is 17.1 Å². The maximum atomic E-state index is 11.7. The summed E-state index contributed by atoms with van der Waals surface area (Å²) in [6.07, 6.45) is -0.297. The second-order valence-corrected chi connectivity index (χ2v) is 7.21. The lowest BCUT2D eigenvalue weighted by Crippen LogP contribution is -2.24. The van der Waals surface area contributed by atoms with Crippen LogP contribution in [-0.2, 0) is 9.53 Å². The Labute approximate surface area is 172 Å². The van der Waals surface area contributed by atoms with Gasteiger partial charge in [-0.15, -0.1) is 0 Å². The minimum atomic E-state index is -0.297. The molecule has 1 unspecified atom stereocenters. The lowest BCUT2D eigenvalue weighted by atomic mass is 10.2. The van der Waals surface area contributed by atoms with Gasteiger partial charge in [0.25, 0.3) is 0 Å². The fourth-order valence-electron chi connectivity index (χ4n) is 2.87. The third kappa shape index (κ3) is 5.61. The number of carbonyl (C=O) groups excluding carboxylic acids is 1. The third-order valence-electron chi connectivity index (χ3n) is 4.40. The van der Waals surface area contributed by atoms with E-state index < -0.39 is 0 Å². The molecule has 0 heterocycles. The number of nitrogens with zero attached hydrogens (tertiary/aromatic N) is 1. The minimum absolute atomic E-state index is 0.140. The van der Waals surface area contributed by atoms with Crippen LogP contribution in [0.2, 0.25) is 0 Å². The molecule has 0 aliphatic heterocycles. The van der Waals surface area contributed by atoms with E-state index in [0.29, 0.717) is 6.61 Å². The monoisotopic (exact) mass is 389 g/mol. The second-order valence-electron chi connectivity index (χ2n) is 7.21. The highest BCUT2D eigenvalue weighted by Gasteiger charge is 2.14. The normalized spacial score (nSPS) is 11.7. The van der Waals surface area contributed by atoms with Crippen LogP contribution in [0.3, 0.4) is 0 Å². The molecule has 4 heteroatoms. The quantitative estimate of drug-likeness (QED) is 0.435. The standard InChI is InChI=1S/C25H27NO3/c1-19(2)25(27)29-20(3)18-28-24-16-14-23(15-17-24)26(21-10-6-4-7-11-21)22-12-8-5-9-13-22/h4-17,19-20H,18H2,1-3H3. The van der Waals surface area contributed by atoms with Crippen molar-refractivity contribution < 1.29 is 14.3 Å². The van der Waals surface area contributed by atoms with Crippen molar-refractivity contribution in [3.05, 3.63) is 84.9 Å². The molecule has 0 aliphatic rings. The zero-order valence-corrected chi connectivity index (χ0v) is 17.1. The van der Waals surface area contributed by atoms with Crippen molar-refractivity contribution in [2.75, 3.05) is 11.5 Å². The Hall–Kier alpha value is -3.27. The van der Waals surface area contributed by atoms with Crippen molar-refractivity contribution in [1.82, 2.24) is 0 Å². The van der Waals surface area contributed by atoms with Crippen molar-refractivity contribution in [3.8, 4) is 5.75 Å². The molecule has 3 rings (SSSR count). The first-order valence-corrected chi connectivity index (χ1v) is 9.88. The van der Waals surface area contributed by atoms with Crippen LogP contribution >= 0.6 is 0 Å². The predicted molar refractivity (Wildman–Crippen MR) is 117 cm³/mol. The van der Waals surface area contributed by atoms with Crippen molar-refractivity contribution in [1.29, 1.82) is 0 Å². The number of hydrogen-bond acceptors (Lipinski definition) is 4. The molecule has 0 aromatic heterocycles. The van der Waals surface area contributed by atoms with E-state index in [1.165, 1.54) is 0 Å². The van der Waals surface area contributed by atoms with Gasteiger partial charge in [0.15, 0.2) is 0 Å². The Morgan fingerprint density at radius 3 is 1.72 bits per heavy atom. The lowest BCUT2D eigenvalue weighted by Gasteiger charge is -2.25. The molecule has 0 spiro atoms. The molecule has 4 nitrogen and oxygen atoms in total. The molecule has 0 N–H and O–H groups in total. The van der Waals surface area contributed by atoms with Crippen LogP contribution < -0.4 is 9.64 Å². The molecule has 0 radical (unpaired) electrons. The van der Waals surface area contributed by atoms with E-state index in [2.05, 4.69) is 29.2 Å². The van der Waals surface area contributed by atoms with Crippen LogP contribution in [-0.4, -0.2) is 18.7 Å². The molecule has 0 fully saturated rings. The predicted octanol–water partition coefficient (Wildman–Crippen LogP) is 6.12. The molecule has 3 aromatic rings. The summed E-state index contributed by atoms with van der Waals surface area (Å²) in [5.41, 5.74) is 3.21. The Balaban J connectivity index is 1.72. The van der Waals surface area contributed by atoms with E-state index in [1.54, 1.807) is 0 Å². The van der Waals surface area contributed by atoms with Gasteiger partial charge in [-0.3, -0.25) is 4.79 Å². The van der Waals surface area contributed by atoms with Gasteiger partial charge in [-0.1, -0.05) is 50.2 Å². The molecule has 150 valence electrons. The van der Waals surface area contributed by atoms with Crippen LogP contribution in [0.5, 0.6) is 5.75 Å². The maximum Gasteiger partial charge on any atom is 0.308 e. The SMILES string of the molecule is CC(COc1ccc(N(c2ccccc2)c2ccccc2)cc1)OC(=O)C(C)C. The number of anilines is 3. The Bertz CT molecular complexity index is 853. The molecule has 3 aromatic carbocycles. The van der Waals surface area contributed by atoms with Gasteiger partial charge in [0.05, 0.1) is 5.92 Å². The van der Waals surface area contributed by atoms with Crippen molar-refractivity contribution in [3.63, 3.8) is 0 Å². The zero-order chi connectivity index (χ0) is 20.6. The lowest BCUT2D eigenvalue weighted by molar-refractivity contribution is -0.153. The van der Waals surface area contributed by atoms with Gasteiger partial charge in [-0.25, -0.2) is 0 Å². The van der Waals surface area contributed by atoms with Crippen molar-refractivity contribution >= 4 is 23.0 Å². The van der Waals surface area contributed by atoms with E-state index in [4.69, 9.17) is 9.47 Å². The van der Waals surface area contributed by atoms with E-state index in [0.717, 1.165) is 22.8 Å². The summed E-state index contributed by atoms with van der Waals surface area (Å²) >= 11 is 0. The highest BCUT2D eigenvalue weighted by molar-refractivity contribution is 5.76. The van der Waals surface area contributed by atoms with Gasteiger partial charge in [0.1, 0.15) is 18.5 Å². The number of hydrogen-bond donors (Lipinski definition) is 0. The Morgan fingerprint density at radius 2 is 1.24 bits per heavy atom. The summed E-state index contributed by atoms with van der Waals surface area (Å²) in [4.78, 5) is 13.9. The van der Waals surface area contributed by atoms with Crippen LogP contribution in [0.15, 0.2) is 84.9 Å². The summed E-state index contributed by atoms with van der Waals surface area (Å²) < 4.78 is 11.1. The average Bonchev–Trinajstić information content (AvgIpc) is 2.75. The molecule has 0 aliphatic carbocycles. The summed E-state index contributed by atoms with van der Waals surface area (Å²) in [6, 6.07) is 28.4. The third-order valence-corrected chi connectivity index (χ3v) is 4.40. The first-order chi connectivity index (χ1) is 14.0. The first-order valence-electron chi connectivity index (χ1n) is 9.88. The number of para-hydroxylation sites is 2. The Morgan fingerprint density at radius 1 is 0.759 bits per heavy atom. The van der Waals surface area contributed by atoms with Gasteiger partial charge >= 0.3 is 5.97 Å². The van der Waals surface area contributed by atoms with Gasteiger partial charge in [0.2, 0.25) is 0 Å². The number of carbonyl (C=O) groups is 1. The number of esters is 1. The molecule has 0 saturated heterocycles. The van der Waals surface area contributed by atoms with E-state index >= 15 is 0 Å². The highest BCUT2D eigenvalue weighted by Crippen LogP contribution is 2.34. The zero-order valence-electron chi connectivity index (χ0n) is 17.1. The molecule has 0 bridgehead atoms. The molecule has 1 atom stereocenters. The molecular weight excluding hydrogens is 362 g/mol. The van der Waals surface area contributed by atoms with E-state index in [9.17, 15) is 4.79 Å². The van der Waals surface area contributed by atoms with Crippen LogP contribution in [0.1, 0.15) is 20.8 Å². The van der Waals surface area contributed by atoms with E-state index in [-0.39, 0.29) is 18.0 Å². The highest BCUT2D eigenvalue weighted by atomic mass is 16.6. The molecule has 29 heavy (non-hydrogen) atoms. The number of rotatable bonds is 8. The second kappa shape index (κ2) is 9.78. The minimum Gasteiger partial charge on any atom is -0.490 e. The van der Waals surface area contributed by atoms with Gasteiger partial charge < -0.3 is 14.4 Å². The fraction of sp³-hybridized carbons (Fsp3) is 0.240.